The molecule has 2 heterocycles. The third-order valence-electron chi connectivity index (χ3n) is 6.70. The molecule has 2 fully saturated rings. The van der Waals surface area contributed by atoms with Crippen LogP contribution in [0.25, 0.3) is 0 Å². The maximum absolute atomic E-state index is 14.4. The number of likely N-dealkylation sites (tertiary alicyclic amines) is 1. The van der Waals surface area contributed by atoms with Crippen LogP contribution < -0.4 is 5.32 Å². The molecule has 2 saturated heterocycles. The van der Waals surface area contributed by atoms with Crippen LogP contribution in [0.15, 0.2) is 47.4 Å². The van der Waals surface area contributed by atoms with Crippen molar-refractivity contribution in [1.29, 1.82) is 5.26 Å². The molecule has 2 aromatic rings. The molecule has 4 rings (SSSR count). The van der Waals surface area contributed by atoms with Crippen LogP contribution in [-0.4, -0.2) is 55.1 Å². The first-order chi connectivity index (χ1) is 17.8. The van der Waals surface area contributed by atoms with Crippen LogP contribution in [0.3, 0.4) is 0 Å². The van der Waals surface area contributed by atoms with E-state index in [2.05, 4.69) is 5.32 Å². The molecule has 2 aliphatic rings. The van der Waals surface area contributed by atoms with E-state index in [0.717, 1.165) is 34.6 Å². The highest BCUT2D eigenvalue weighted by atomic mass is 32.2. The van der Waals surface area contributed by atoms with Gasteiger partial charge in [-0.3, -0.25) is 9.59 Å². The number of nitrogens with zero attached hydrogens (tertiary/aromatic N) is 3. The number of hydrogen-bond donors (Lipinski definition) is 1. The van der Waals surface area contributed by atoms with Crippen LogP contribution >= 0.6 is 0 Å². The lowest BCUT2D eigenvalue weighted by Crippen LogP contribution is -2.49. The lowest BCUT2D eigenvalue weighted by atomic mass is 10.0. The fraction of sp³-hybridized carbons (Fsp3) is 0.400. The van der Waals surface area contributed by atoms with Gasteiger partial charge in [-0.25, -0.2) is 12.8 Å². The Balaban J connectivity index is 1.48. The smallest absolute Gasteiger partial charge is 0.348 e. The summed E-state index contributed by atoms with van der Waals surface area (Å²) in [4.78, 5) is 27.1. The Morgan fingerprint density at radius 1 is 1.13 bits per heavy atom. The van der Waals surface area contributed by atoms with E-state index in [9.17, 15) is 35.6 Å². The van der Waals surface area contributed by atoms with E-state index in [1.54, 1.807) is 6.92 Å². The highest BCUT2D eigenvalue weighted by Crippen LogP contribution is 2.31. The van der Waals surface area contributed by atoms with E-state index >= 15 is 0 Å². The normalized spacial score (nSPS) is 19.5. The predicted molar refractivity (Wildman–Crippen MR) is 126 cm³/mol. The van der Waals surface area contributed by atoms with Gasteiger partial charge in [-0.1, -0.05) is 12.1 Å². The number of nitriles is 1. The first-order valence-corrected chi connectivity index (χ1v) is 13.2. The second-order valence-electron chi connectivity index (χ2n) is 9.33. The van der Waals surface area contributed by atoms with Crippen LogP contribution in [0.4, 0.5) is 17.6 Å². The molecule has 2 amide bonds. The zero-order valence-electron chi connectivity index (χ0n) is 20.2. The first-order valence-electron chi connectivity index (χ1n) is 11.8. The third-order valence-corrected chi connectivity index (χ3v) is 8.51. The molecular weight excluding hydrogens is 528 g/mol. The van der Waals surface area contributed by atoms with Gasteiger partial charge >= 0.3 is 6.18 Å². The molecule has 13 heteroatoms. The fourth-order valence-electron chi connectivity index (χ4n) is 4.50. The minimum atomic E-state index is -4.49. The van der Waals surface area contributed by atoms with Crippen LogP contribution in [0.5, 0.6) is 0 Å². The Morgan fingerprint density at radius 2 is 1.79 bits per heavy atom. The summed E-state index contributed by atoms with van der Waals surface area (Å²) in [6.07, 6.45) is -3.70. The molecule has 2 aliphatic heterocycles. The van der Waals surface area contributed by atoms with Crippen molar-refractivity contribution in [1.82, 2.24) is 14.5 Å². The van der Waals surface area contributed by atoms with Crippen molar-refractivity contribution in [2.45, 2.75) is 42.9 Å². The van der Waals surface area contributed by atoms with Crippen molar-refractivity contribution in [3.8, 4) is 6.07 Å². The summed E-state index contributed by atoms with van der Waals surface area (Å²) in [7, 11) is -4.11. The molecule has 0 aliphatic carbocycles. The van der Waals surface area contributed by atoms with Gasteiger partial charge in [0, 0.05) is 25.2 Å². The average Bonchev–Trinajstić information content (AvgIpc) is 3.32. The van der Waals surface area contributed by atoms with Gasteiger partial charge in [0.05, 0.1) is 28.5 Å². The number of benzene rings is 2. The number of alkyl halides is 3. The van der Waals surface area contributed by atoms with Crippen molar-refractivity contribution in [3.05, 3.63) is 65.0 Å². The van der Waals surface area contributed by atoms with E-state index in [1.807, 2.05) is 6.07 Å². The van der Waals surface area contributed by atoms with Gasteiger partial charge in [0.2, 0.25) is 15.9 Å². The minimum Gasteiger partial charge on any atom is -0.348 e. The van der Waals surface area contributed by atoms with E-state index in [0.29, 0.717) is 18.4 Å². The highest BCUT2D eigenvalue weighted by molar-refractivity contribution is 7.89. The average molecular weight is 553 g/mol. The van der Waals surface area contributed by atoms with E-state index in [1.165, 1.54) is 17.0 Å². The fourth-order valence-corrected chi connectivity index (χ4v) is 6.09. The summed E-state index contributed by atoms with van der Waals surface area (Å²) in [5.41, 5.74) is -0.619. The van der Waals surface area contributed by atoms with E-state index in [-0.39, 0.29) is 25.2 Å². The maximum atomic E-state index is 14.4. The number of carbonyl (C=O) groups is 2. The lowest BCUT2D eigenvalue weighted by molar-refractivity contribution is -0.137. The zero-order chi connectivity index (χ0) is 27.8. The van der Waals surface area contributed by atoms with E-state index in [4.69, 9.17) is 5.26 Å². The van der Waals surface area contributed by atoms with Gasteiger partial charge in [0.25, 0.3) is 5.91 Å². The number of nitrogens with one attached hydrogen (secondary N) is 1. The molecule has 202 valence electrons. The summed E-state index contributed by atoms with van der Waals surface area (Å²) in [6, 6.07) is 7.49. The Kier molecular flexibility index (Phi) is 7.49. The molecule has 38 heavy (non-hydrogen) atoms. The summed E-state index contributed by atoms with van der Waals surface area (Å²) >= 11 is 0. The van der Waals surface area contributed by atoms with Gasteiger partial charge in [-0.05, 0) is 55.7 Å². The molecule has 0 bridgehead atoms. The Labute approximate surface area is 216 Å². The van der Waals surface area contributed by atoms with Gasteiger partial charge in [-0.2, -0.15) is 22.7 Å². The summed E-state index contributed by atoms with van der Waals surface area (Å²) < 4.78 is 79.5. The van der Waals surface area contributed by atoms with Crippen LogP contribution in [0, 0.1) is 23.1 Å². The summed E-state index contributed by atoms with van der Waals surface area (Å²) in [6.45, 7) is 1.73. The molecule has 1 N–H and O–H groups in total. The van der Waals surface area contributed by atoms with Crippen LogP contribution in [0.2, 0.25) is 0 Å². The van der Waals surface area contributed by atoms with Crippen molar-refractivity contribution >= 4 is 21.8 Å². The summed E-state index contributed by atoms with van der Waals surface area (Å²) in [5, 5.41) is 11.6. The highest BCUT2D eigenvalue weighted by Gasteiger charge is 2.39. The van der Waals surface area contributed by atoms with Crippen LogP contribution in [0.1, 0.15) is 47.3 Å². The zero-order valence-corrected chi connectivity index (χ0v) is 21.0. The first kappa shape index (κ1) is 27.5. The SMILES string of the molecule is CC(NC(=O)[C@H]1CCCN1C(=O)c1cc(F)cc(S(=O)(=O)N2CC(C#N)C2)c1)c1ccc(C(F)(F)F)cc1. The molecular formula is C25H24F4N4O4S. The molecule has 1 unspecified atom stereocenters. The minimum absolute atomic E-state index is 0.0237. The monoisotopic (exact) mass is 552 g/mol. The van der Waals surface area contributed by atoms with Crippen molar-refractivity contribution in [2.24, 2.45) is 5.92 Å². The molecule has 0 spiro atoms. The molecule has 2 atom stereocenters. The molecule has 0 aromatic heterocycles. The van der Waals surface area contributed by atoms with Gasteiger partial charge < -0.3 is 10.2 Å². The molecule has 2 aromatic carbocycles. The van der Waals surface area contributed by atoms with Gasteiger partial charge in [-0.15, -0.1) is 0 Å². The Hall–Kier alpha value is -3.50. The Bertz CT molecular complexity index is 1380. The quantitative estimate of drug-likeness (QED) is 0.552. The second kappa shape index (κ2) is 10.3. The summed E-state index contributed by atoms with van der Waals surface area (Å²) in [5.74, 6) is -2.65. The second-order valence-corrected chi connectivity index (χ2v) is 11.3. The van der Waals surface area contributed by atoms with Crippen molar-refractivity contribution in [3.63, 3.8) is 0 Å². The van der Waals surface area contributed by atoms with Gasteiger partial charge in [0.1, 0.15) is 11.9 Å². The third kappa shape index (κ3) is 5.51. The molecule has 8 nitrogen and oxygen atoms in total. The predicted octanol–water partition coefficient (Wildman–Crippen LogP) is 3.47. The topological polar surface area (TPSA) is 111 Å². The number of hydrogen-bond acceptors (Lipinski definition) is 5. The maximum Gasteiger partial charge on any atom is 0.416 e. The lowest BCUT2D eigenvalue weighted by Gasteiger charge is -2.34. The number of carbonyl (C=O) groups excluding carboxylic acids is 2. The van der Waals surface area contributed by atoms with Crippen molar-refractivity contribution in [2.75, 3.05) is 19.6 Å². The van der Waals surface area contributed by atoms with E-state index < -0.39 is 62.3 Å². The number of sulfonamides is 1. The molecule has 0 saturated carbocycles. The van der Waals surface area contributed by atoms with Crippen LogP contribution in [-0.2, 0) is 21.0 Å². The number of halogens is 4. The van der Waals surface area contributed by atoms with Gasteiger partial charge in [0.15, 0.2) is 0 Å². The molecule has 0 radical (unpaired) electrons. The standard InChI is InChI=1S/C25H24F4N4O4S/c1-15(17-4-6-19(7-5-17)25(27,28)29)31-23(34)22-3-2-8-33(22)24(35)18-9-20(26)11-21(10-18)38(36,37)32-13-16(12-30)14-32/h4-7,9-11,15-16,22H,2-3,8,13-14H2,1H3,(H,31,34)/t15?,22-/m1/s1. The number of amides is 2. The van der Waals surface area contributed by atoms with Crippen molar-refractivity contribution < 1.29 is 35.6 Å². The largest absolute Gasteiger partial charge is 0.416 e. The number of rotatable bonds is 6. The Morgan fingerprint density at radius 3 is 2.39 bits per heavy atom.